The van der Waals surface area contributed by atoms with Crippen LogP contribution in [0.4, 0.5) is 0 Å². The van der Waals surface area contributed by atoms with Crippen LogP contribution >= 0.6 is 0 Å². The number of benzene rings is 3. The molecule has 0 saturated heterocycles. The third kappa shape index (κ3) is 4.98. The van der Waals surface area contributed by atoms with Crippen molar-refractivity contribution in [3.05, 3.63) is 95.6 Å². The zero-order valence-electron chi connectivity index (χ0n) is 15.4. The van der Waals surface area contributed by atoms with E-state index in [9.17, 15) is 14.4 Å². The molecule has 0 saturated carbocycles. The van der Waals surface area contributed by atoms with E-state index < -0.39 is 23.8 Å². The number of nitrogens with two attached hydrogens (primary N) is 2. The van der Waals surface area contributed by atoms with Crippen molar-refractivity contribution in [1.82, 2.24) is 5.32 Å². The summed E-state index contributed by atoms with van der Waals surface area (Å²) in [5.74, 6) is -0.580. The molecule has 0 aromatic heterocycles. The number of nitrogens with one attached hydrogen (secondary N) is 1. The molecule has 3 aromatic carbocycles. The summed E-state index contributed by atoms with van der Waals surface area (Å²) in [5.41, 5.74) is 12.0. The molecule has 0 spiro atoms. The molecule has 0 fully saturated rings. The lowest BCUT2D eigenvalue weighted by Gasteiger charge is -2.16. The molecule has 0 aliphatic carbocycles. The first kappa shape index (κ1) is 19.6. The molecule has 0 radical (unpaired) electrons. The van der Waals surface area contributed by atoms with Gasteiger partial charge in [-0.05, 0) is 54.1 Å². The molecule has 29 heavy (non-hydrogen) atoms. The van der Waals surface area contributed by atoms with Gasteiger partial charge in [0.25, 0.3) is 5.91 Å². The van der Waals surface area contributed by atoms with Crippen LogP contribution in [0.5, 0.6) is 11.5 Å². The van der Waals surface area contributed by atoms with Crippen LogP contribution in [0.25, 0.3) is 0 Å². The molecule has 0 heterocycles. The van der Waals surface area contributed by atoms with Crippen molar-refractivity contribution < 1.29 is 19.1 Å². The molecule has 1 atom stereocenters. The molecule has 7 nitrogen and oxygen atoms in total. The maximum Gasteiger partial charge on any atom is 0.252 e. The maximum absolute atomic E-state index is 12.5. The second-order valence-electron chi connectivity index (χ2n) is 6.23. The molecular formula is C22H19N3O4. The highest BCUT2D eigenvalue weighted by atomic mass is 16.5. The minimum absolute atomic E-state index is 0.351. The van der Waals surface area contributed by atoms with E-state index in [0.717, 1.165) is 0 Å². The Labute approximate surface area is 167 Å². The largest absolute Gasteiger partial charge is 0.457 e. The van der Waals surface area contributed by atoms with E-state index in [1.165, 1.54) is 0 Å². The first-order chi connectivity index (χ1) is 13.9. The van der Waals surface area contributed by atoms with Gasteiger partial charge in [-0.15, -0.1) is 0 Å². The molecule has 5 N–H and O–H groups in total. The number of amides is 3. The molecule has 7 heteroatoms. The monoisotopic (exact) mass is 389 g/mol. The first-order valence-corrected chi connectivity index (χ1v) is 8.77. The van der Waals surface area contributed by atoms with Crippen molar-refractivity contribution in [3.8, 4) is 11.5 Å². The maximum atomic E-state index is 12.5. The fourth-order valence-corrected chi connectivity index (χ4v) is 2.68. The van der Waals surface area contributed by atoms with E-state index in [1.807, 2.05) is 6.07 Å². The Balaban J connectivity index is 1.68. The van der Waals surface area contributed by atoms with E-state index in [2.05, 4.69) is 5.32 Å². The molecule has 1 unspecified atom stereocenters. The fourth-order valence-electron chi connectivity index (χ4n) is 2.68. The zero-order valence-corrected chi connectivity index (χ0v) is 15.4. The van der Waals surface area contributed by atoms with Crippen molar-refractivity contribution >= 4 is 17.7 Å². The number of hydrogen-bond acceptors (Lipinski definition) is 4. The van der Waals surface area contributed by atoms with Crippen LogP contribution in [0, 0.1) is 0 Å². The lowest BCUT2D eigenvalue weighted by Crippen LogP contribution is -2.37. The van der Waals surface area contributed by atoms with E-state index in [4.69, 9.17) is 16.2 Å². The predicted octanol–water partition coefficient (Wildman–Crippen LogP) is 2.53. The van der Waals surface area contributed by atoms with Crippen molar-refractivity contribution in [2.75, 3.05) is 0 Å². The van der Waals surface area contributed by atoms with Gasteiger partial charge in [0.15, 0.2) is 0 Å². The standard InChI is InChI=1S/C22H19N3O4/c23-20(26)15-6-10-17(11-7-15)29-18-12-8-16(9-13-18)22(28)25-19(21(24)27)14-4-2-1-3-5-14/h1-13,19H,(H2,23,26)(H2,24,27)(H,25,28). The van der Waals surface area contributed by atoms with Gasteiger partial charge in [0.05, 0.1) is 0 Å². The van der Waals surface area contributed by atoms with Gasteiger partial charge < -0.3 is 21.5 Å². The van der Waals surface area contributed by atoms with Gasteiger partial charge in [-0.2, -0.15) is 0 Å². The van der Waals surface area contributed by atoms with Gasteiger partial charge in [0.1, 0.15) is 17.5 Å². The highest BCUT2D eigenvalue weighted by Gasteiger charge is 2.20. The summed E-state index contributed by atoms with van der Waals surface area (Å²) in [7, 11) is 0. The van der Waals surface area contributed by atoms with Crippen molar-refractivity contribution in [2.24, 2.45) is 11.5 Å². The Hall–Kier alpha value is -4.13. The van der Waals surface area contributed by atoms with Crippen LogP contribution < -0.4 is 21.5 Å². The summed E-state index contributed by atoms with van der Waals surface area (Å²) in [5, 5.41) is 2.64. The summed E-state index contributed by atoms with van der Waals surface area (Å²) in [4.78, 5) is 35.3. The number of carbonyl (C=O) groups excluding carboxylic acids is 3. The molecule has 3 rings (SSSR count). The zero-order chi connectivity index (χ0) is 20.8. The van der Waals surface area contributed by atoms with Gasteiger partial charge in [-0.1, -0.05) is 30.3 Å². The molecule has 0 aliphatic heterocycles. The Morgan fingerprint density at radius 2 is 1.24 bits per heavy atom. The molecular weight excluding hydrogens is 370 g/mol. The van der Waals surface area contributed by atoms with Crippen molar-refractivity contribution in [3.63, 3.8) is 0 Å². The quantitative estimate of drug-likeness (QED) is 0.574. The number of carbonyl (C=O) groups is 3. The summed E-state index contributed by atoms with van der Waals surface area (Å²) >= 11 is 0. The lowest BCUT2D eigenvalue weighted by atomic mass is 10.1. The van der Waals surface area contributed by atoms with E-state index in [0.29, 0.717) is 28.2 Å². The summed E-state index contributed by atoms with van der Waals surface area (Å²) in [6, 6.07) is 20.6. The van der Waals surface area contributed by atoms with E-state index >= 15 is 0 Å². The van der Waals surface area contributed by atoms with Crippen LogP contribution in [-0.2, 0) is 4.79 Å². The highest BCUT2D eigenvalue weighted by molar-refractivity contribution is 5.97. The molecule has 0 bridgehead atoms. The fraction of sp³-hybridized carbons (Fsp3) is 0.0455. The second kappa shape index (κ2) is 8.71. The third-order valence-corrected chi connectivity index (χ3v) is 4.18. The normalized spacial score (nSPS) is 11.3. The molecule has 146 valence electrons. The SMILES string of the molecule is NC(=O)c1ccc(Oc2ccc(C(=O)NC(C(N)=O)c3ccccc3)cc2)cc1. The van der Waals surface area contributed by atoms with Crippen molar-refractivity contribution in [1.29, 1.82) is 0 Å². The molecule has 3 aromatic rings. The summed E-state index contributed by atoms with van der Waals surface area (Å²) in [6.45, 7) is 0. The topological polar surface area (TPSA) is 125 Å². The van der Waals surface area contributed by atoms with Crippen LogP contribution in [0.1, 0.15) is 32.3 Å². The number of primary amides is 2. The third-order valence-electron chi connectivity index (χ3n) is 4.18. The van der Waals surface area contributed by atoms with Gasteiger partial charge in [-0.3, -0.25) is 14.4 Å². The van der Waals surface area contributed by atoms with Crippen LogP contribution in [0.3, 0.4) is 0 Å². The molecule has 3 amide bonds. The minimum atomic E-state index is -0.927. The minimum Gasteiger partial charge on any atom is -0.457 e. The Morgan fingerprint density at radius 1 is 0.724 bits per heavy atom. The number of ether oxygens (including phenoxy) is 1. The Kier molecular flexibility index (Phi) is 5.89. The Morgan fingerprint density at radius 3 is 1.72 bits per heavy atom. The van der Waals surface area contributed by atoms with Crippen molar-refractivity contribution in [2.45, 2.75) is 6.04 Å². The van der Waals surface area contributed by atoms with Gasteiger partial charge in [0.2, 0.25) is 11.8 Å². The van der Waals surface area contributed by atoms with Crippen LogP contribution in [-0.4, -0.2) is 17.7 Å². The average molecular weight is 389 g/mol. The molecule has 0 aliphatic rings. The van der Waals surface area contributed by atoms with E-state index in [1.54, 1.807) is 72.8 Å². The number of hydrogen-bond donors (Lipinski definition) is 3. The second-order valence-corrected chi connectivity index (χ2v) is 6.23. The van der Waals surface area contributed by atoms with Crippen LogP contribution in [0.2, 0.25) is 0 Å². The summed E-state index contributed by atoms with van der Waals surface area (Å²) in [6.07, 6.45) is 0. The lowest BCUT2D eigenvalue weighted by molar-refractivity contribution is -0.120. The van der Waals surface area contributed by atoms with E-state index in [-0.39, 0.29) is 0 Å². The smallest absolute Gasteiger partial charge is 0.252 e. The Bertz CT molecular complexity index is 1020. The predicted molar refractivity (Wildman–Crippen MR) is 107 cm³/mol. The van der Waals surface area contributed by atoms with Gasteiger partial charge in [0, 0.05) is 11.1 Å². The first-order valence-electron chi connectivity index (χ1n) is 8.77. The van der Waals surface area contributed by atoms with Gasteiger partial charge in [-0.25, -0.2) is 0 Å². The highest BCUT2D eigenvalue weighted by Crippen LogP contribution is 2.22. The van der Waals surface area contributed by atoms with Crippen LogP contribution in [0.15, 0.2) is 78.9 Å². The average Bonchev–Trinajstić information content (AvgIpc) is 2.73. The van der Waals surface area contributed by atoms with Gasteiger partial charge >= 0.3 is 0 Å². The number of rotatable bonds is 7. The summed E-state index contributed by atoms with van der Waals surface area (Å²) < 4.78 is 5.68.